The minimum Gasteiger partial charge on any atom is -0.475 e. The van der Waals surface area contributed by atoms with Crippen molar-refractivity contribution in [3.8, 4) is 0 Å². The number of carboxylic acids is 1. The topological polar surface area (TPSA) is 116 Å². The fraction of sp³-hybridized carbons (Fsp3) is 0.423. The van der Waals surface area contributed by atoms with Gasteiger partial charge in [0.05, 0.1) is 17.4 Å². The smallest absolute Gasteiger partial charge is 0.475 e. The van der Waals surface area contributed by atoms with Crippen LogP contribution < -0.4 is 9.62 Å². The van der Waals surface area contributed by atoms with E-state index in [1.807, 2.05) is 13.1 Å². The molecule has 0 radical (unpaired) electrons. The molecule has 0 spiro atoms. The lowest BCUT2D eigenvalue weighted by molar-refractivity contribution is -0.192. The number of carboxylic acid groups (broad SMARTS) is 1. The Kier molecular flexibility index (Phi) is 9.19. The van der Waals surface area contributed by atoms with E-state index in [1.165, 1.54) is 28.6 Å². The van der Waals surface area contributed by atoms with E-state index in [2.05, 4.69) is 48.8 Å². The van der Waals surface area contributed by atoms with Crippen LogP contribution in [0.2, 0.25) is 0 Å². The average molecular weight is 616 g/mol. The van der Waals surface area contributed by atoms with Gasteiger partial charge in [-0.15, -0.1) is 11.3 Å². The van der Waals surface area contributed by atoms with E-state index in [0.29, 0.717) is 23.1 Å². The number of anilines is 2. The zero-order valence-electron chi connectivity index (χ0n) is 22.2. The molecular weight excluding hydrogens is 586 g/mol. The van der Waals surface area contributed by atoms with Crippen molar-refractivity contribution < 1.29 is 35.9 Å². The van der Waals surface area contributed by atoms with E-state index >= 15 is 4.39 Å². The molecule has 9 nitrogen and oxygen atoms in total. The van der Waals surface area contributed by atoms with Crippen LogP contribution in [-0.4, -0.2) is 66.7 Å². The summed E-state index contributed by atoms with van der Waals surface area (Å²) in [5, 5.41) is 8.07. The van der Waals surface area contributed by atoms with Gasteiger partial charge in [-0.05, 0) is 37.2 Å². The number of rotatable bonds is 7. The maximum Gasteiger partial charge on any atom is 0.490 e. The molecule has 222 valence electrons. The number of halogens is 4. The summed E-state index contributed by atoms with van der Waals surface area (Å²) in [6, 6.07) is 10.8. The number of sulfonamides is 1. The van der Waals surface area contributed by atoms with Crippen LogP contribution in [0.4, 0.5) is 29.1 Å². The minimum absolute atomic E-state index is 0.156. The van der Waals surface area contributed by atoms with Crippen molar-refractivity contribution in [1.29, 1.82) is 0 Å². The van der Waals surface area contributed by atoms with E-state index in [9.17, 15) is 21.6 Å². The highest BCUT2D eigenvalue weighted by molar-refractivity contribution is 7.92. The molecule has 2 aliphatic rings. The van der Waals surface area contributed by atoms with E-state index in [0.717, 1.165) is 32.5 Å². The molecule has 3 aromatic rings. The Morgan fingerprint density at radius 3 is 2.32 bits per heavy atom. The molecule has 0 amide bonds. The lowest BCUT2D eigenvalue weighted by Gasteiger charge is -2.43. The molecular formula is C26H29F4N5O4S2. The Hall–Kier alpha value is -3.30. The number of hydrogen-bond acceptors (Lipinski definition) is 8. The van der Waals surface area contributed by atoms with Crippen molar-refractivity contribution in [3.63, 3.8) is 0 Å². The summed E-state index contributed by atoms with van der Waals surface area (Å²) in [6.07, 6.45) is -1.31. The zero-order chi connectivity index (χ0) is 29.9. The summed E-state index contributed by atoms with van der Waals surface area (Å²) in [5.74, 6) is -2.47. The van der Waals surface area contributed by atoms with Crippen molar-refractivity contribution in [2.45, 2.75) is 43.6 Å². The number of alkyl halides is 3. The second-order valence-corrected chi connectivity index (χ2v) is 12.4. The summed E-state index contributed by atoms with van der Waals surface area (Å²) < 4.78 is 74.7. The predicted octanol–water partition coefficient (Wildman–Crippen LogP) is 4.77. The number of nitrogens with one attached hydrogen (secondary N) is 1. The molecule has 1 aromatic carbocycles. The largest absolute Gasteiger partial charge is 0.490 e. The number of benzene rings is 1. The Morgan fingerprint density at radius 2 is 1.78 bits per heavy atom. The first kappa shape index (κ1) is 30.7. The Balaban J connectivity index is 0.000000493. The molecule has 5 rings (SSSR count). The molecule has 2 bridgehead atoms. The third kappa shape index (κ3) is 7.13. The summed E-state index contributed by atoms with van der Waals surface area (Å²) in [6.45, 7) is 4.56. The normalized spacial score (nSPS) is 20.7. The van der Waals surface area contributed by atoms with Gasteiger partial charge in [-0.2, -0.15) is 21.6 Å². The maximum absolute atomic E-state index is 15.3. The standard InChI is InChI=1S/C24H28FN5O2S2.C2HF3O2/c1-16-20(10-26-24(22(16)25)34(31,32)28-21-14-33-15-27-21)29(2)23-18-8-9-19(23)13-30(12-18)11-17-6-4-3-5-7-17;3-2(4,5)1(6)7/h3-7,10,14-15,18-19,23,28H,8-9,11-13H2,1-2H3;(H,6,7)/t18-,19+,23-;. The maximum atomic E-state index is 15.3. The Labute approximate surface area is 238 Å². The number of likely N-dealkylation sites (tertiary alicyclic amines) is 1. The van der Waals surface area contributed by atoms with Crippen molar-refractivity contribution in [2.24, 2.45) is 11.8 Å². The number of thiazole rings is 1. The van der Waals surface area contributed by atoms with E-state index < -0.39 is 33.0 Å². The SMILES string of the molecule is Cc1c(N(C)[C@@H]2[C@@H]3CC[C@H]2CN(Cc2ccccc2)C3)cnc(S(=O)(=O)Nc2cscn2)c1F.O=C(O)C(F)(F)F. The second kappa shape index (κ2) is 12.3. The Morgan fingerprint density at radius 1 is 1.17 bits per heavy atom. The molecule has 2 fully saturated rings. The van der Waals surface area contributed by atoms with Crippen molar-refractivity contribution in [2.75, 3.05) is 29.8 Å². The number of piperidine rings is 1. The highest BCUT2D eigenvalue weighted by Crippen LogP contribution is 2.42. The number of pyridine rings is 1. The van der Waals surface area contributed by atoms with Gasteiger partial charge in [0.15, 0.2) is 11.6 Å². The molecule has 2 N–H and O–H groups in total. The van der Waals surface area contributed by atoms with Crippen LogP contribution in [0, 0.1) is 24.6 Å². The monoisotopic (exact) mass is 615 g/mol. The van der Waals surface area contributed by atoms with Gasteiger partial charge in [-0.25, -0.2) is 19.2 Å². The molecule has 2 aromatic heterocycles. The summed E-state index contributed by atoms with van der Waals surface area (Å²) in [7, 11) is -2.19. The molecule has 15 heteroatoms. The molecule has 1 saturated heterocycles. The summed E-state index contributed by atoms with van der Waals surface area (Å²) >= 11 is 1.25. The van der Waals surface area contributed by atoms with Gasteiger partial charge in [-0.3, -0.25) is 9.62 Å². The molecule has 3 heterocycles. The fourth-order valence-electron chi connectivity index (χ4n) is 5.59. The van der Waals surface area contributed by atoms with Gasteiger partial charge in [0, 0.05) is 43.7 Å². The molecule has 0 unspecified atom stereocenters. The first-order chi connectivity index (χ1) is 19.3. The number of fused-ring (bicyclic) bond motifs is 2. The number of carbonyl (C=O) groups is 1. The Bertz CT molecular complexity index is 1440. The van der Waals surface area contributed by atoms with Crippen molar-refractivity contribution in [1.82, 2.24) is 14.9 Å². The van der Waals surface area contributed by atoms with E-state index in [1.54, 1.807) is 12.3 Å². The first-order valence-electron chi connectivity index (χ1n) is 12.6. The number of aliphatic carboxylic acids is 1. The van der Waals surface area contributed by atoms with Crippen molar-refractivity contribution >= 4 is 38.8 Å². The number of aromatic nitrogens is 2. The molecule has 3 atom stereocenters. The van der Waals surface area contributed by atoms with Crippen LogP contribution in [0.15, 0.2) is 52.4 Å². The van der Waals surface area contributed by atoms with Gasteiger partial charge < -0.3 is 10.0 Å². The van der Waals surface area contributed by atoms with Crippen LogP contribution in [0.5, 0.6) is 0 Å². The fourth-order valence-corrected chi connectivity index (χ4v) is 7.22. The van der Waals surface area contributed by atoms with Crippen LogP contribution in [0.25, 0.3) is 0 Å². The third-order valence-electron chi connectivity index (χ3n) is 7.31. The lowest BCUT2D eigenvalue weighted by Crippen LogP contribution is -2.51. The van der Waals surface area contributed by atoms with Crippen LogP contribution in [-0.2, 0) is 21.4 Å². The van der Waals surface area contributed by atoms with E-state index in [-0.39, 0.29) is 11.9 Å². The lowest BCUT2D eigenvalue weighted by atomic mass is 9.90. The van der Waals surface area contributed by atoms with Gasteiger partial charge in [0.1, 0.15) is 0 Å². The molecule has 41 heavy (non-hydrogen) atoms. The van der Waals surface area contributed by atoms with Gasteiger partial charge >= 0.3 is 12.1 Å². The number of hydrogen-bond donors (Lipinski definition) is 2. The number of nitrogens with zero attached hydrogens (tertiary/aromatic N) is 4. The molecule has 1 aliphatic heterocycles. The summed E-state index contributed by atoms with van der Waals surface area (Å²) in [5.41, 5.74) is 3.76. The average Bonchev–Trinajstić information content (AvgIpc) is 3.50. The van der Waals surface area contributed by atoms with Gasteiger partial charge in [0.25, 0.3) is 10.0 Å². The molecule has 1 aliphatic carbocycles. The van der Waals surface area contributed by atoms with Gasteiger partial charge in [0.2, 0.25) is 5.03 Å². The van der Waals surface area contributed by atoms with Crippen LogP contribution in [0.3, 0.4) is 0 Å². The quantitative estimate of drug-likeness (QED) is 0.366. The van der Waals surface area contributed by atoms with Crippen LogP contribution >= 0.6 is 11.3 Å². The predicted molar refractivity (Wildman–Crippen MR) is 146 cm³/mol. The van der Waals surface area contributed by atoms with E-state index in [4.69, 9.17) is 9.90 Å². The third-order valence-corrected chi connectivity index (χ3v) is 9.17. The zero-order valence-corrected chi connectivity index (χ0v) is 23.8. The second-order valence-electron chi connectivity index (χ2n) is 10.0. The highest BCUT2D eigenvalue weighted by atomic mass is 32.2. The first-order valence-corrected chi connectivity index (χ1v) is 15.1. The van der Waals surface area contributed by atoms with Crippen molar-refractivity contribution in [3.05, 3.63) is 64.4 Å². The highest BCUT2D eigenvalue weighted by Gasteiger charge is 2.44. The van der Waals surface area contributed by atoms with Crippen LogP contribution in [0.1, 0.15) is 24.0 Å². The summed E-state index contributed by atoms with van der Waals surface area (Å²) in [4.78, 5) is 21.5. The molecule has 1 saturated carbocycles. The minimum atomic E-state index is -5.08. The van der Waals surface area contributed by atoms with Gasteiger partial charge in [-0.1, -0.05) is 30.3 Å².